The van der Waals surface area contributed by atoms with Crippen LogP contribution in [0.25, 0.3) is 0 Å². The highest BCUT2D eigenvalue weighted by Crippen LogP contribution is 2.39. The fourth-order valence-corrected chi connectivity index (χ4v) is 6.00. The summed E-state index contributed by atoms with van der Waals surface area (Å²) in [4.78, 5) is 24.4. The first-order chi connectivity index (χ1) is 22.3. The Morgan fingerprint density at radius 1 is 0.936 bits per heavy atom. The maximum absolute atomic E-state index is 12.3. The zero-order chi connectivity index (χ0) is 34.3. The van der Waals surface area contributed by atoms with Crippen LogP contribution in [0.5, 0.6) is 0 Å². The molecule has 47 heavy (non-hydrogen) atoms. The lowest BCUT2D eigenvalue weighted by Gasteiger charge is -2.45. The van der Waals surface area contributed by atoms with E-state index in [9.17, 15) is 40.2 Å². The monoisotopic (exact) mass is 665 g/mol. The van der Waals surface area contributed by atoms with Crippen molar-refractivity contribution < 1.29 is 63.9 Å². The van der Waals surface area contributed by atoms with Gasteiger partial charge in [-0.3, -0.25) is 4.79 Å². The Morgan fingerprint density at radius 2 is 1.64 bits per heavy atom. The van der Waals surface area contributed by atoms with Crippen LogP contribution in [0.15, 0.2) is 60.8 Å². The Bertz CT molecular complexity index is 1220. The van der Waals surface area contributed by atoms with E-state index in [-0.39, 0.29) is 25.4 Å². The molecule has 3 saturated heterocycles. The Labute approximate surface area is 273 Å². The number of hydrogen-bond donors (Lipinski definition) is 7. The zero-order valence-corrected chi connectivity index (χ0v) is 26.4. The van der Waals surface area contributed by atoms with Gasteiger partial charge in [-0.2, -0.15) is 0 Å². The van der Waals surface area contributed by atoms with Gasteiger partial charge in [0.15, 0.2) is 12.1 Å². The van der Waals surface area contributed by atoms with Crippen LogP contribution >= 0.6 is 0 Å². The van der Waals surface area contributed by atoms with Gasteiger partial charge in [-0.25, -0.2) is 4.79 Å². The lowest BCUT2D eigenvalue weighted by molar-refractivity contribution is -0.308. The number of carboxylic acid groups (broad SMARTS) is 1. The second-order valence-corrected chi connectivity index (χ2v) is 12.6. The van der Waals surface area contributed by atoms with E-state index in [2.05, 4.69) is 0 Å². The van der Waals surface area contributed by atoms with E-state index in [0.717, 1.165) is 0 Å². The molecule has 0 radical (unpaired) electrons. The average molecular weight is 666 g/mol. The summed E-state index contributed by atoms with van der Waals surface area (Å²) in [5.74, 6) is -5.45. The van der Waals surface area contributed by atoms with Gasteiger partial charge >= 0.3 is 11.9 Å². The summed E-state index contributed by atoms with van der Waals surface area (Å²) in [6, 6.07) is -1.08. The summed E-state index contributed by atoms with van der Waals surface area (Å²) in [5, 5.41) is 63.9. The second-order valence-electron chi connectivity index (χ2n) is 12.6. The lowest BCUT2D eigenvalue weighted by Crippen LogP contribution is -2.61. The number of esters is 1. The van der Waals surface area contributed by atoms with Gasteiger partial charge < -0.3 is 60.1 Å². The van der Waals surface area contributed by atoms with Gasteiger partial charge in [0.05, 0.1) is 48.8 Å². The molecule has 3 fully saturated rings. The highest BCUT2D eigenvalue weighted by Gasteiger charge is 2.51. The van der Waals surface area contributed by atoms with Crippen molar-refractivity contribution in [3.8, 4) is 0 Å². The number of carboxylic acids is 1. The SMILES string of the molecule is C[C@@H]1C/C=C/C=C/C=C/C=C/[C@H](O[C@@H]2O[C@H](C)[C@@H](O)[C@H](N)[C@@H]2O)C[C@@H]2O[C@](O)(C[C@@H](O)CC3O[C@@H]3/C=C/C(=O)O1)C[C@H](O)[C@H]2C(=O)O. The second kappa shape index (κ2) is 16.6. The fourth-order valence-electron chi connectivity index (χ4n) is 6.00. The molecule has 2 bridgehead atoms. The van der Waals surface area contributed by atoms with Crippen molar-refractivity contribution in [1.29, 1.82) is 0 Å². The third kappa shape index (κ3) is 10.6. The molecule has 8 N–H and O–H groups in total. The molecule has 1 unspecified atom stereocenters. The van der Waals surface area contributed by atoms with Crippen LogP contribution in [-0.4, -0.2) is 122 Å². The predicted molar refractivity (Wildman–Crippen MR) is 165 cm³/mol. The molecular weight excluding hydrogens is 618 g/mol. The van der Waals surface area contributed by atoms with Crippen LogP contribution in [0.2, 0.25) is 0 Å². The number of allylic oxidation sites excluding steroid dienone is 6. The number of epoxide rings is 1. The average Bonchev–Trinajstić information content (AvgIpc) is 3.72. The molecule has 4 aliphatic rings. The van der Waals surface area contributed by atoms with E-state index >= 15 is 0 Å². The molecule has 0 amide bonds. The van der Waals surface area contributed by atoms with Crippen LogP contribution in [0.4, 0.5) is 0 Å². The third-order valence-electron chi connectivity index (χ3n) is 8.58. The first-order valence-electron chi connectivity index (χ1n) is 15.9. The van der Waals surface area contributed by atoms with Crippen LogP contribution in [-0.2, 0) is 33.3 Å². The lowest BCUT2D eigenvalue weighted by atomic mass is 9.83. The molecule has 0 aliphatic carbocycles. The van der Waals surface area contributed by atoms with Crippen molar-refractivity contribution in [1.82, 2.24) is 0 Å². The number of fused-ring (bicyclic) bond motifs is 3. The molecule has 0 aromatic rings. The summed E-state index contributed by atoms with van der Waals surface area (Å²) in [7, 11) is 0. The standard InChI is InChI=1S/C33H47NO13/c1-18-10-8-6-4-3-5-7-9-11-21(45-32-30(39)28(34)29(38)19(2)44-32)15-25-27(31(40)41)22(36)17-33(42,47-25)16-20(35)14-24-23(46-24)12-13-26(37)43-18/h3-9,11-13,18-25,27-30,32,35-36,38-39,42H,10,14-17,34H2,1-2H3,(H,40,41)/b4-3+,7-5+,8-6+,11-9+,13-12+/t18-,19-,20+,21+,22+,23-,24?,25+,27-,28+,29-,30+,32+,33-/m1/s1. The fraction of sp³-hybridized carbons (Fsp3) is 0.636. The molecule has 4 rings (SSSR count). The van der Waals surface area contributed by atoms with E-state index in [1.165, 1.54) is 12.2 Å². The summed E-state index contributed by atoms with van der Waals surface area (Å²) in [6.07, 6.45) is 5.25. The Morgan fingerprint density at radius 3 is 2.36 bits per heavy atom. The Kier molecular flexibility index (Phi) is 13.1. The van der Waals surface area contributed by atoms with Crippen LogP contribution < -0.4 is 5.73 Å². The highest BCUT2D eigenvalue weighted by atomic mass is 16.7. The van der Waals surface area contributed by atoms with Gasteiger partial charge in [0.25, 0.3) is 0 Å². The van der Waals surface area contributed by atoms with Gasteiger partial charge in [0, 0.05) is 38.2 Å². The topological polar surface area (TPSA) is 231 Å². The maximum Gasteiger partial charge on any atom is 0.330 e. The van der Waals surface area contributed by atoms with E-state index in [1.54, 1.807) is 56.4 Å². The van der Waals surface area contributed by atoms with Crippen molar-refractivity contribution in [2.75, 3.05) is 0 Å². The van der Waals surface area contributed by atoms with Crippen molar-refractivity contribution in [3.05, 3.63) is 60.8 Å². The van der Waals surface area contributed by atoms with E-state index in [4.69, 9.17) is 29.4 Å². The van der Waals surface area contributed by atoms with Crippen LogP contribution in [0, 0.1) is 5.92 Å². The summed E-state index contributed by atoms with van der Waals surface area (Å²) < 4.78 is 28.5. The number of rotatable bonds is 3. The number of aliphatic hydroxyl groups is 5. The number of aliphatic carboxylic acids is 1. The smallest absolute Gasteiger partial charge is 0.330 e. The molecule has 0 aromatic carbocycles. The highest BCUT2D eigenvalue weighted by molar-refractivity contribution is 5.82. The van der Waals surface area contributed by atoms with E-state index < -0.39 is 97.3 Å². The molecule has 0 aromatic heterocycles. The zero-order valence-electron chi connectivity index (χ0n) is 26.4. The van der Waals surface area contributed by atoms with Gasteiger partial charge in [-0.15, -0.1) is 0 Å². The number of nitrogens with two attached hydrogens (primary N) is 1. The predicted octanol–water partition coefficient (Wildman–Crippen LogP) is 0.120. The van der Waals surface area contributed by atoms with Gasteiger partial charge in [-0.05, 0) is 19.9 Å². The minimum absolute atomic E-state index is 0.0789. The normalized spacial score (nSPS) is 47.2. The number of carbonyl (C=O) groups is 2. The van der Waals surface area contributed by atoms with Gasteiger partial charge in [0.1, 0.15) is 24.2 Å². The van der Waals surface area contributed by atoms with Gasteiger partial charge in [0.2, 0.25) is 0 Å². The van der Waals surface area contributed by atoms with Gasteiger partial charge in [-0.1, -0.05) is 48.6 Å². The van der Waals surface area contributed by atoms with Crippen molar-refractivity contribution in [2.45, 2.75) is 125 Å². The molecule has 14 nitrogen and oxygen atoms in total. The molecule has 262 valence electrons. The van der Waals surface area contributed by atoms with Crippen LogP contribution in [0.1, 0.15) is 46.0 Å². The molecule has 4 heterocycles. The molecule has 14 atom stereocenters. The molecule has 14 heteroatoms. The molecule has 0 saturated carbocycles. The van der Waals surface area contributed by atoms with Crippen molar-refractivity contribution in [3.63, 3.8) is 0 Å². The maximum atomic E-state index is 12.3. The minimum atomic E-state index is -2.10. The molecule has 0 spiro atoms. The number of cyclic esters (lactones) is 1. The van der Waals surface area contributed by atoms with Crippen molar-refractivity contribution in [2.24, 2.45) is 11.7 Å². The number of carbonyl (C=O) groups excluding carboxylic acids is 1. The first-order valence-corrected chi connectivity index (χ1v) is 15.9. The minimum Gasteiger partial charge on any atom is -0.481 e. The number of ether oxygens (including phenoxy) is 5. The number of hydrogen-bond acceptors (Lipinski definition) is 13. The first kappa shape index (κ1) is 37.1. The Hall–Kier alpha value is -2.76. The molecular formula is C33H47NO13. The largest absolute Gasteiger partial charge is 0.481 e. The summed E-state index contributed by atoms with van der Waals surface area (Å²) in [6.45, 7) is 3.34. The summed E-state index contributed by atoms with van der Waals surface area (Å²) in [5.41, 5.74) is 5.98. The van der Waals surface area contributed by atoms with E-state index in [1.807, 2.05) is 6.08 Å². The Balaban J connectivity index is 1.58. The number of aliphatic hydroxyl groups excluding tert-OH is 4. The quantitative estimate of drug-likeness (QED) is 0.157. The summed E-state index contributed by atoms with van der Waals surface area (Å²) >= 11 is 0. The van der Waals surface area contributed by atoms with Crippen LogP contribution in [0.3, 0.4) is 0 Å². The third-order valence-corrected chi connectivity index (χ3v) is 8.58. The molecule has 4 aliphatic heterocycles. The van der Waals surface area contributed by atoms with E-state index in [0.29, 0.717) is 6.42 Å². The van der Waals surface area contributed by atoms with Crippen molar-refractivity contribution >= 4 is 11.9 Å².